The summed E-state index contributed by atoms with van der Waals surface area (Å²) in [6.45, 7) is 0.240. The van der Waals surface area contributed by atoms with Gasteiger partial charge in [-0.05, 0) is 35.4 Å². The Bertz CT molecular complexity index is 988. The number of nitrogens with zero attached hydrogens (tertiary/aromatic N) is 2. The predicted molar refractivity (Wildman–Crippen MR) is 102 cm³/mol. The molecule has 0 atom stereocenters. The smallest absolute Gasteiger partial charge is 0.232 e. The molecule has 0 N–H and O–H groups in total. The van der Waals surface area contributed by atoms with E-state index in [-0.39, 0.29) is 12.4 Å². The number of ether oxygens (including phenoxy) is 1. The van der Waals surface area contributed by atoms with Gasteiger partial charge in [0.15, 0.2) is 0 Å². The first-order valence-corrected chi connectivity index (χ1v) is 10.5. The van der Waals surface area contributed by atoms with Gasteiger partial charge in [0.1, 0.15) is 18.2 Å². The Balaban J connectivity index is 1.98. The highest BCUT2D eigenvalue weighted by Gasteiger charge is 2.18. The number of benzene rings is 2. The lowest BCUT2D eigenvalue weighted by Crippen LogP contribution is -2.25. The zero-order valence-corrected chi connectivity index (χ0v) is 15.8. The predicted octanol–water partition coefficient (Wildman–Crippen LogP) is 3.92. The number of anilines is 1. The van der Waals surface area contributed by atoms with Crippen molar-refractivity contribution in [3.63, 3.8) is 0 Å². The summed E-state index contributed by atoms with van der Waals surface area (Å²) in [6, 6.07) is 11.2. The van der Waals surface area contributed by atoms with Crippen LogP contribution in [0.5, 0.6) is 5.75 Å². The average Bonchev–Trinajstić information content (AvgIpc) is 3.12. The molecule has 0 fully saturated rings. The van der Waals surface area contributed by atoms with E-state index in [0.717, 1.165) is 27.4 Å². The third kappa shape index (κ3) is 4.20. The summed E-state index contributed by atoms with van der Waals surface area (Å²) in [5, 5.41) is 1.87. The number of thiazole rings is 1. The Labute approximate surface area is 155 Å². The molecule has 5 nitrogen and oxygen atoms in total. The van der Waals surface area contributed by atoms with Crippen LogP contribution >= 0.6 is 11.3 Å². The molecule has 3 rings (SSSR count). The van der Waals surface area contributed by atoms with Crippen LogP contribution in [-0.4, -0.2) is 26.7 Å². The molecular formula is C18H17FN2O3S2. The molecule has 0 saturated heterocycles. The van der Waals surface area contributed by atoms with Gasteiger partial charge in [0.2, 0.25) is 10.0 Å². The topological polar surface area (TPSA) is 59.5 Å². The molecule has 0 bridgehead atoms. The van der Waals surface area contributed by atoms with E-state index in [1.54, 1.807) is 29.8 Å². The van der Waals surface area contributed by atoms with E-state index in [0.29, 0.717) is 11.4 Å². The molecule has 0 saturated carbocycles. The molecule has 3 aromatic rings. The van der Waals surface area contributed by atoms with Crippen LogP contribution < -0.4 is 9.04 Å². The minimum absolute atomic E-state index is 0.240. The summed E-state index contributed by atoms with van der Waals surface area (Å²) in [6.07, 6.45) is 1.13. The fourth-order valence-corrected chi connectivity index (χ4v) is 3.39. The van der Waals surface area contributed by atoms with Gasteiger partial charge in [-0.25, -0.2) is 17.8 Å². The molecule has 1 heterocycles. The maximum absolute atomic E-state index is 13.2. The molecule has 0 aliphatic carbocycles. The lowest BCUT2D eigenvalue weighted by Gasteiger charge is -2.21. The van der Waals surface area contributed by atoms with Crippen LogP contribution in [0.3, 0.4) is 0 Å². The molecule has 26 heavy (non-hydrogen) atoms. The summed E-state index contributed by atoms with van der Waals surface area (Å²) in [7, 11) is -2.01. The number of hydrogen-bond acceptors (Lipinski definition) is 5. The Hall–Kier alpha value is -2.45. The van der Waals surface area contributed by atoms with Crippen molar-refractivity contribution in [1.82, 2.24) is 4.98 Å². The largest absolute Gasteiger partial charge is 0.485 e. The summed E-state index contributed by atoms with van der Waals surface area (Å²) in [5.74, 6) is 0.0993. The van der Waals surface area contributed by atoms with Crippen LogP contribution in [0, 0.1) is 5.82 Å². The first kappa shape index (κ1) is 18.3. The standard InChI is InChI=1S/C18H17FN2O3S2/c1-21(26(2,22)23)17-9-14(13-3-6-15(19)7-4-13)5-8-18(17)24-10-16-11-25-12-20-16/h3-9,11-12H,10H2,1-2H3. The van der Waals surface area contributed by atoms with Gasteiger partial charge in [0, 0.05) is 12.4 Å². The number of aromatic nitrogens is 1. The highest BCUT2D eigenvalue weighted by Crippen LogP contribution is 2.34. The molecule has 0 radical (unpaired) electrons. The lowest BCUT2D eigenvalue weighted by molar-refractivity contribution is 0.303. The summed E-state index contributed by atoms with van der Waals surface area (Å²) in [5.41, 5.74) is 4.42. The minimum atomic E-state index is -3.48. The van der Waals surface area contributed by atoms with Crippen LogP contribution in [-0.2, 0) is 16.6 Å². The molecule has 136 valence electrons. The molecule has 0 spiro atoms. The van der Waals surface area contributed by atoms with Crippen molar-refractivity contribution in [2.45, 2.75) is 6.61 Å². The molecule has 0 aliphatic heterocycles. The van der Waals surface area contributed by atoms with Gasteiger partial charge in [0.25, 0.3) is 0 Å². The van der Waals surface area contributed by atoms with Crippen LogP contribution in [0.15, 0.2) is 53.4 Å². The molecular weight excluding hydrogens is 375 g/mol. The number of hydrogen-bond donors (Lipinski definition) is 0. The Morgan fingerprint density at radius 1 is 1.15 bits per heavy atom. The normalized spacial score (nSPS) is 11.3. The average molecular weight is 392 g/mol. The van der Waals surface area contributed by atoms with Crippen molar-refractivity contribution in [1.29, 1.82) is 0 Å². The SMILES string of the molecule is CN(c1cc(-c2ccc(F)cc2)ccc1OCc1cscn1)S(C)(=O)=O. The second-order valence-electron chi connectivity index (χ2n) is 5.69. The van der Waals surface area contributed by atoms with Crippen molar-refractivity contribution in [3.8, 4) is 16.9 Å². The number of halogens is 1. The third-order valence-corrected chi connectivity index (χ3v) is 5.66. The van der Waals surface area contributed by atoms with Crippen LogP contribution in [0.1, 0.15) is 5.69 Å². The summed E-state index contributed by atoms with van der Waals surface area (Å²) < 4.78 is 44.1. The molecule has 2 aromatic carbocycles. The zero-order chi connectivity index (χ0) is 18.7. The third-order valence-electron chi connectivity index (χ3n) is 3.83. The van der Waals surface area contributed by atoms with Crippen molar-refractivity contribution < 1.29 is 17.5 Å². The summed E-state index contributed by atoms with van der Waals surface area (Å²) in [4.78, 5) is 4.15. The minimum Gasteiger partial charge on any atom is -0.485 e. The second kappa shape index (κ2) is 7.43. The molecule has 0 aliphatic rings. The van der Waals surface area contributed by atoms with E-state index in [2.05, 4.69) is 4.98 Å². The number of sulfonamides is 1. The van der Waals surface area contributed by atoms with E-state index in [9.17, 15) is 12.8 Å². The van der Waals surface area contributed by atoms with Crippen molar-refractivity contribution in [2.75, 3.05) is 17.6 Å². The van der Waals surface area contributed by atoms with E-state index < -0.39 is 10.0 Å². The van der Waals surface area contributed by atoms with Crippen molar-refractivity contribution >= 4 is 27.0 Å². The lowest BCUT2D eigenvalue weighted by atomic mass is 10.0. The van der Waals surface area contributed by atoms with E-state index in [1.807, 2.05) is 11.4 Å². The van der Waals surface area contributed by atoms with Gasteiger partial charge in [-0.3, -0.25) is 4.31 Å². The number of rotatable bonds is 6. The van der Waals surface area contributed by atoms with Gasteiger partial charge in [-0.1, -0.05) is 18.2 Å². The maximum atomic E-state index is 13.2. The van der Waals surface area contributed by atoms with E-state index >= 15 is 0 Å². The van der Waals surface area contributed by atoms with Gasteiger partial charge >= 0.3 is 0 Å². The van der Waals surface area contributed by atoms with Crippen molar-refractivity contribution in [3.05, 3.63) is 64.9 Å². The molecule has 0 unspecified atom stereocenters. The first-order valence-electron chi connectivity index (χ1n) is 7.68. The monoisotopic (exact) mass is 392 g/mol. The van der Waals surface area contributed by atoms with Gasteiger partial charge in [-0.2, -0.15) is 0 Å². The van der Waals surface area contributed by atoms with Gasteiger partial charge in [0.05, 0.1) is 23.1 Å². The Kier molecular flexibility index (Phi) is 5.24. The first-order chi connectivity index (χ1) is 12.3. The van der Waals surface area contributed by atoms with Gasteiger partial charge < -0.3 is 4.74 Å². The van der Waals surface area contributed by atoms with Crippen molar-refractivity contribution in [2.24, 2.45) is 0 Å². The maximum Gasteiger partial charge on any atom is 0.232 e. The highest BCUT2D eigenvalue weighted by molar-refractivity contribution is 7.92. The second-order valence-corrected chi connectivity index (χ2v) is 8.42. The van der Waals surface area contributed by atoms with Gasteiger partial charge in [-0.15, -0.1) is 11.3 Å². The Morgan fingerprint density at radius 3 is 2.46 bits per heavy atom. The molecule has 0 amide bonds. The fraction of sp³-hybridized carbons (Fsp3) is 0.167. The molecule has 1 aromatic heterocycles. The van der Waals surface area contributed by atoms with Crippen LogP contribution in [0.25, 0.3) is 11.1 Å². The summed E-state index contributed by atoms with van der Waals surface area (Å²) >= 11 is 1.46. The fourth-order valence-electron chi connectivity index (χ4n) is 2.35. The van der Waals surface area contributed by atoms with E-state index in [4.69, 9.17) is 4.74 Å². The zero-order valence-electron chi connectivity index (χ0n) is 14.2. The highest BCUT2D eigenvalue weighted by atomic mass is 32.2. The Morgan fingerprint density at radius 2 is 1.85 bits per heavy atom. The molecule has 8 heteroatoms. The van der Waals surface area contributed by atoms with Crippen LogP contribution in [0.4, 0.5) is 10.1 Å². The quantitative estimate of drug-likeness (QED) is 0.638. The van der Waals surface area contributed by atoms with E-state index in [1.165, 1.54) is 30.5 Å². The van der Waals surface area contributed by atoms with Crippen LogP contribution in [0.2, 0.25) is 0 Å².